The van der Waals surface area contributed by atoms with Crippen molar-refractivity contribution in [3.8, 4) is 11.5 Å². The van der Waals surface area contributed by atoms with Gasteiger partial charge in [0.25, 0.3) is 0 Å². The van der Waals surface area contributed by atoms with E-state index in [0.29, 0.717) is 23.5 Å². The van der Waals surface area contributed by atoms with Crippen LogP contribution < -0.4 is 4.74 Å². The summed E-state index contributed by atoms with van der Waals surface area (Å²) in [6.07, 6.45) is 2.03. The lowest BCUT2D eigenvalue weighted by Gasteiger charge is -2.34. The molecule has 5 nitrogen and oxygen atoms in total. The molecule has 0 saturated carbocycles. The first kappa shape index (κ1) is 19.1. The summed E-state index contributed by atoms with van der Waals surface area (Å²) in [6, 6.07) is 17.1. The summed E-state index contributed by atoms with van der Waals surface area (Å²) in [5, 5.41) is 0. The second kappa shape index (κ2) is 8.03. The Morgan fingerprint density at radius 2 is 1.79 bits per heavy atom. The van der Waals surface area contributed by atoms with E-state index >= 15 is 0 Å². The maximum Gasteiger partial charge on any atom is 0.315 e. The fraction of sp³-hybridized carbons (Fsp3) is 0.292. The number of allylic oxidation sites excluding steroid dienone is 2. The normalized spacial score (nSPS) is 21.3. The van der Waals surface area contributed by atoms with Gasteiger partial charge >= 0.3 is 5.97 Å². The van der Waals surface area contributed by atoms with Crippen molar-refractivity contribution < 1.29 is 19.1 Å². The Bertz CT molecular complexity index is 1010. The highest BCUT2D eigenvalue weighted by molar-refractivity contribution is 6.08. The lowest BCUT2D eigenvalue weighted by atomic mass is 9.72. The van der Waals surface area contributed by atoms with Crippen LogP contribution >= 0.6 is 0 Å². The third-order valence-corrected chi connectivity index (χ3v) is 5.49. The van der Waals surface area contributed by atoms with Gasteiger partial charge in [-0.2, -0.15) is 0 Å². The van der Waals surface area contributed by atoms with Crippen molar-refractivity contribution in [2.75, 3.05) is 7.11 Å². The minimum absolute atomic E-state index is 0.0655. The summed E-state index contributed by atoms with van der Waals surface area (Å²) >= 11 is 0. The molecular formula is C24H23NO4. The number of aliphatic imine (C=N–C) groups is 1. The first-order valence-electron chi connectivity index (χ1n) is 9.80. The Balaban J connectivity index is 1.78. The van der Waals surface area contributed by atoms with E-state index in [1.54, 1.807) is 0 Å². The molecule has 5 heteroatoms. The summed E-state index contributed by atoms with van der Waals surface area (Å²) in [6.45, 7) is 1.84. The maximum absolute atomic E-state index is 12.8. The van der Waals surface area contributed by atoms with Crippen LogP contribution in [0.4, 0.5) is 0 Å². The SMILES string of the molecule is COC(=O)C1C(C)=NC2=C(C(=O)CCC2)[C@@H]1c1cccc(Oc2ccccc2)c1. The van der Waals surface area contributed by atoms with Crippen LogP contribution in [0.5, 0.6) is 11.5 Å². The first-order valence-corrected chi connectivity index (χ1v) is 9.80. The molecule has 2 aromatic rings. The van der Waals surface area contributed by atoms with Crippen molar-refractivity contribution in [3.63, 3.8) is 0 Å². The third kappa shape index (κ3) is 3.73. The molecule has 2 aliphatic rings. The summed E-state index contributed by atoms with van der Waals surface area (Å²) in [5.41, 5.74) is 2.99. The Morgan fingerprint density at radius 3 is 2.55 bits per heavy atom. The largest absolute Gasteiger partial charge is 0.468 e. The van der Waals surface area contributed by atoms with Gasteiger partial charge in [-0.25, -0.2) is 0 Å². The molecule has 148 valence electrons. The first-order chi connectivity index (χ1) is 14.1. The molecule has 2 atom stereocenters. The molecule has 0 N–H and O–H groups in total. The fourth-order valence-corrected chi connectivity index (χ4v) is 4.19. The van der Waals surface area contributed by atoms with Gasteiger partial charge < -0.3 is 9.47 Å². The highest BCUT2D eigenvalue weighted by Gasteiger charge is 2.42. The van der Waals surface area contributed by atoms with Crippen molar-refractivity contribution in [2.45, 2.75) is 32.1 Å². The quantitative estimate of drug-likeness (QED) is 0.703. The van der Waals surface area contributed by atoms with Crippen LogP contribution in [0.15, 0.2) is 70.9 Å². The molecule has 2 aromatic carbocycles. The topological polar surface area (TPSA) is 65.0 Å². The van der Waals surface area contributed by atoms with E-state index in [1.807, 2.05) is 61.5 Å². The van der Waals surface area contributed by atoms with Crippen LogP contribution in [-0.4, -0.2) is 24.6 Å². The summed E-state index contributed by atoms with van der Waals surface area (Å²) in [5.74, 6) is 0.0354. The summed E-state index contributed by atoms with van der Waals surface area (Å²) < 4.78 is 11.0. The van der Waals surface area contributed by atoms with Crippen LogP contribution in [0.2, 0.25) is 0 Å². The maximum atomic E-state index is 12.8. The average molecular weight is 389 g/mol. The van der Waals surface area contributed by atoms with Gasteiger partial charge in [-0.3, -0.25) is 14.6 Å². The molecule has 0 amide bonds. The monoisotopic (exact) mass is 389 g/mol. The predicted molar refractivity (Wildman–Crippen MR) is 110 cm³/mol. The number of ether oxygens (including phenoxy) is 2. The van der Waals surface area contributed by atoms with E-state index in [2.05, 4.69) is 4.99 Å². The molecule has 1 unspecified atom stereocenters. The second-order valence-electron chi connectivity index (χ2n) is 7.36. The van der Waals surface area contributed by atoms with Crippen molar-refractivity contribution in [1.82, 2.24) is 0 Å². The van der Waals surface area contributed by atoms with Crippen molar-refractivity contribution in [2.24, 2.45) is 10.9 Å². The Hall–Kier alpha value is -3.21. The third-order valence-electron chi connectivity index (χ3n) is 5.49. The molecule has 0 saturated heterocycles. The van der Waals surface area contributed by atoms with Gasteiger partial charge in [0.2, 0.25) is 0 Å². The number of ketones is 1. The number of rotatable bonds is 4. The number of carbonyl (C=O) groups excluding carboxylic acids is 2. The average Bonchev–Trinajstić information content (AvgIpc) is 2.73. The van der Waals surface area contributed by atoms with E-state index in [4.69, 9.17) is 9.47 Å². The minimum atomic E-state index is -0.618. The number of carbonyl (C=O) groups is 2. The second-order valence-corrected chi connectivity index (χ2v) is 7.36. The lowest BCUT2D eigenvalue weighted by molar-refractivity contribution is -0.143. The zero-order chi connectivity index (χ0) is 20.4. The zero-order valence-corrected chi connectivity index (χ0v) is 16.6. The summed E-state index contributed by atoms with van der Waals surface area (Å²) in [4.78, 5) is 30.1. The number of Topliss-reactive ketones (excluding diaryl/α,β-unsaturated/α-hetero) is 1. The molecule has 1 heterocycles. The standard InChI is InChI=1S/C24H23NO4/c1-15-21(24(27)28-2)22(23-19(25-15)12-7-13-20(23)26)16-8-6-11-18(14-16)29-17-9-4-3-5-10-17/h3-6,8-11,14,21-22H,7,12-13H2,1-2H3/t21?,22-/m1/s1. The number of esters is 1. The molecule has 0 bridgehead atoms. The number of benzene rings is 2. The van der Waals surface area contributed by atoms with E-state index < -0.39 is 11.8 Å². The molecule has 0 spiro atoms. The van der Waals surface area contributed by atoms with Crippen LogP contribution in [0.1, 0.15) is 37.7 Å². The number of methoxy groups -OCH3 is 1. The molecular weight excluding hydrogens is 366 g/mol. The van der Waals surface area contributed by atoms with Crippen LogP contribution in [0.25, 0.3) is 0 Å². The van der Waals surface area contributed by atoms with E-state index in [1.165, 1.54) is 7.11 Å². The Morgan fingerprint density at radius 1 is 1.03 bits per heavy atom. The molecule has 1 aliphatic heterocycles. The van der Waals surface area contributed by atoms with Gasteiger partial charge in [-0.1, -0.05) is 30.3 Å². The summed E-state index contributed by atoms with van der Waals surface area (Å²) in [7, 11) is 1.37. The highest BCUT2D eigenvalue weighted by Crippen LogP contribution is 2.44. The number of hydrogen-bond acceptors (Lipinski definition) is 5. The fourth-order valence-electron chi connectivity index (χ4n) is 4.19. The molecule has 1 aliphatic carbocycles. The van der Waals surface area contributed by atoms with Crippen molar-refractivity contribution >= 4 is 17.5 Å². The van der Waals surface area contributed by atoms with E-state index in [-0.39, 0.29) is 11.8 Å². The predicted octanol–water partition coefficient (Wildman–Crippen LogP) is 4.83. The van der Waals surface area contributed by atoms with Crippen LogP contribution in [0.3, 0.4) is 0 Å². The van der Waals surface area contributed by atoms with Crippen LogP contribution in [0, 0.1) is 5.92 Å². The molecule has 29 heavy (non-hydrogen) atoms. The van der Waals surface area contributed by atoms with Gasteiger partial charge in [0.1, 0.15) is 17.4 Å². The smallest absolute Gasteiger partial charge is 0.315 e. The van der Waals surface area contributed by atoms with E-state index in [0.717, 1.165) is 29.9 Å². The van der Waals surface area contributed by atoms with Crippen molar-refractivity contribution in [1.29, 1.82) is 0 Å². The van der Waals surface area contributed by atoms with Gasteiger partial charge in [0.05, 0.1) is 7.11 Å². The Kier molecular flexibility index (Phi) is 5.30. The van der Waals surface area contributed by atoms with Crippen molar-refractivity contribution in [3.05, 3.63) is 71.4 Å². The van der Waals surface area contributed by atoms with Gasteiger partial charge in [0, 0.05) is 29.3 Å². The molecule has 0 radical (unpaired) electrons. The Labute approximate surface area is 170 Å². The molecule has 4 rings (SSSR count). The van der Waals surface area contributed by atoms with Gasteiger partial charge in [-0.05, 0) is 49.6 Å². The minimum Gasteiger partial charge on any atom is -0.468 e. The van der Waals surface area contributed by atoms with Gasteiger partial charge in [0.15, 0.2) is 5.78 Å². The van der Waals surface area contributed by atoms with E-state index in [9.17, 15) is 9.59 Å². The van der Waals surface area contributed by atoms with Gasteiger partial charge in [-0.15, -0.1) is 0 Å². The van der Waals surface area contributed by atoms with Crippen LogP contribution in [-0.2, 0) is 14.3 Å². The molecule has 0 fully saturated rings. The number of hydrogen-bond donors (Lipinski definition) is 0. The zero-order valence-electron chi connectivity index (χ0n) is 16.6. The number of para-hydroxylation sites is 1. The number of nitrogens with zero attached hydrogens (tertiary/aromatic N) is 1. The molecule has 0 aromatic heterocycles. The lowest BCUT2D eigenvalue weighted by Crippen LogP contribution is -2.36. The highest BCUT2D eigenvalue weighted by atomic mass is 16.5.